The highest BCUT2D eigenvalue weighted by atomic mass is 19.4. The number of fused-ring (bicyclic) bond motifs is 2. The molecule has 148 valence electrons. The van der Waals surface area contributed by atoms with Gasteiger partial charge in [-0.05, 0) is 42.8 Å². The zero-order valence-electron chi connectivity index (χ0n) is 14.9. The monoisotopic (exact) mass is 394 g/mol. The molecule has 4 rings (SSSR count). The number of aryl methyl sites for hydroxylation is 1. The Morgan fingerprint density at radius 3 is 2.75 bits per heavy atom. The van der Waals surface area contributed by atoms with Crippen LogP contribution in [0.4, 0.5) is 23.2 Å². The Labute approximate surface area is 158 Å². The molecule has 3 heterocycles. The normalized spacial score (nSPS) is 29.1. The first-order valence-corrected chi connectivity index (χ1v) is 8.94. The number of nitrogens with zero attached hydrogens (tertiary/aromatic N) is 1. The fourth-order valence-corrected chi connectivity index (χ4v) is 4.18. The van der Waals surface area contributed by atoms with Gasteiger partial charge in [0.2, 0.25) is 5.91 Å². The lowest BCUT2D eigenvalue weighted by molar-refractivity contribution is -0.137. The van der Waals surface area contributed by atoms with Gasteiger partial charge in [0.25, 0.3) is 0 Å². The fraction of sp³-hybridized carbons (Fsp3) is 0.400. The predicted octanol–water partition coefficient (Wildman–Crippen LogP) is 4.26. The van der Waals surface area contributed by atoms with E-state index >= 15 is 0 Å². The molecule has 2 saturated heterocycles. The van der Waals surface area contributed by atoms with Crippen LogP contribution in [0.2, 0.25) is 0 Å². The summed E-state index contributed by atoms with van der Waals surface area (Å²) in [5.74, 6) is -1.67. The second-order valence-electron chi connectivity index (χ2n) is 7.24. The van der Waals surface area contributed by atoms with Crippen molar-refractivity contribution in [3.8, 4) is 0 Å². The number of hydrogen-bond donors (Lipinski definition) is 1. The summed E-state index contributed by atoms with van der Waals surface area (Å²) < 4.78 is 58.7. The largest absolute Gasteiger partial charge is 0.416 e. The first-order valence-electron chi connectivity index (χ1n) is 8.94. The number of alkyl halides is 4. The second-order valence-corrected chi connectivity index (χ2v) is 7.24. The molecule has 4 nitrogen and oxygen atoms in total. The number of hydrogen-bond acceptors (Lipinski definition) is 3. The minimum absolute atomic E-state index is 0.0454. The van der Waals surface area contributed by atoms with Gasteiger partial charge in [0, 0.05) is 29.9 Å². The number of ether oxygens (including phenoxy) is 1. The molecular formula is C20H18F4N2O2. The van der Waals surface area contributed by atoms with Gasteiger partial charge >= 0.3 is 6.18 Å². The van der Waals surface area contributed by atoms with Crippen molar-refractivity contribution >= 4 is 11.6 Å². The number of nitrogens with one attached hydrogen (secondary N) is 1. The van der Waals surface area contributed by atoms with E-state index in [1.807, 2.05) is 0 Å². The van der Waals surface area contributed by atoms with Crippen LogP contribution in [0, 0.1) is 12.8 Å². The molecule has 1 aromatic carbocycles. The van der Waals surface area contributed by atoms with Crippen LogP contribution in [-0.4, -0.2) is 29.3 Å². The van der Waals surface area contributed by atoms with Gasteiger partial charge in [0.15, 0.2) is 0 Å². The van der Waals surface area contributed by atoms with E-state index < -0.39 is 47.9 Å². The minimum atomic E-state index is -4.51. The second kappa shape index (κ2) is 6.84. The highest BCUT2D eigenvalue weighted by Gasteiger charge is 2.57. The maximum absolute atomic E-state index is 14.3. The van der Waals surface area contributed by atoms with Crippen LogP contribution in [-0.2, 0) is 15.7 Å². The van der Waals surface area contributed by atoms with E-state index in [1.165, 1.54) is 12.1 Å². The molecule has 0 spiro atoms. The van der Waals surface area contributed by atoms with E-state index in [-0.39, 0.29) is 12.1 Å². The van der Waals surface area contributed by atoms with Crippen molar-refractivity contribution in [2.24, 2.45) is 5.92 Å². The molecule has 0 radical (unpaired) electrons. The zero-order chi connectivity index (χ0) is 20.1. The van der Waals surface area contributed by atoms with Gasteiger partial charge in [0.1, 0.15) is 6.17 Å². The average molecular weight is 394 g/mol. The third-order valence-corrected chi connectivity index (χ3v) is 5.35. The molecule has 2 fully saturated rings. The van der Waals surface area contributed by atoms with E-state index in [4.69, 9.17) is 4.74 Å². The van der Waals surface area contributed by atoms with Gasteiger partial charge in [-0.3, -0.25) is 9.78 Å². The van der Waals surface area contributed by atoms with Crippen molar-refractivity contribution in [1.82, 2.24) is 4.98 Å². The highest BCUT2D eigenvalue weighted by molar-refractivity contribution is 5.94. The van der Waals surface area contributed by atoms with Gasteiger partial charge in [-0.25, -0.2) is 4.39 Å². The lowest BCUT2D eigenvalue weighted by atomic mass is 9.74. The molecule has 5 atom stereocenters. The molecule has 1 unspecified atom stereocenters. The summed E-state index contributed by atoms with van der Waals surface area (Å²) in [5.41, 5.74) is 0.669. The maximum Gasteiger partial charge on any atom is 0.416 e. The minimum Gasteiger partial charge on any atom is -0.370 e. The van der Waals surface area contributed by atoms with Crippen LogP contribution in [0.5, 0.6) is 0 Å². The summed E-state index contributed by atoms with van der Waals surface area (Å²) in [4.78, 5) is 17.1. The third kappa shape index (κ3) is 3.37. The van der Waals surface area contributed by atoms with Crippen molar-refractivity contribution in [2.75, 3.05) is 5.32 Å². The number of amides is 1. The molecule has 1 aromatic heterocycles. The van der Waals surface area contributed by atoms with Crippen molar-refractivity contribution in [1.29, 1.82) is 0 Å². The summed E-state index contributed by atoms with van der Waals surface area (Å²) in [6.45, 7) is 1.79. The predicted molar refractivity (Wildman–Crippen MR) is 93.5 cm³/mol. The van der Waals surface area contributed by atoms with E-state index in [0.717, 1.165) is 23.4 Å². The van der Waals surface area contributed by atoms with E-state index in [9.17, 15) is 22.4 Å². The van der Waals surface area contributed by atoms with Crippen molar-refractivity contribution in [3.63, 3.8) is 0 Å². The SMILES string of the molecule is Cc1cc([C@H]2C3O[C@H](C[C@H]3F)[C@@H]2C(=O)Nc2cccc(C(F)(F)F)c2)ccn1. The van der Waals surface area contributed by atoms with E-state index in [2.05, 4.69) is 10.3 Å². The number of aromatic nitrogens is 1. The number of carbonyl (C=O) groups excluding carboxylic acids is 1. The van der Waals surface area contributed by atoms with Crippen LogP contribution in [0.3, 0.4) is 0 Å². The number of pyridine rings is 1. The lowest BCUT2D eigenvalue weighted by Crippen LogP contribution is -2.39. The smallest absolute Gasteiger partial charge is 0.370 e. The van der Waals surface area contributed by atoms with Crippen LogP contribution in [0.15, 0.2) is 42.6 Å². The molecule has 1 N–H and O–H groups in total. The molecule has 0 saturated carbocycles. The Hall–Kier alpha value is -2.48. The van der Waals surface area contributed by atoms with Crippen molar-refractivity contribution in [3.05, 3.63) is 59.4 Å². The highest BCUT2D eigenvalue weighted by Crippen LogP contribution is 2.50. The Morgan fingerprint density at radius 2 is 2.04 bits per heavy atom. The molecule has 1 amide bonds. The van der Waals surface area contributed by atoms with Gasteiger partial charge in [0.05, 0.1) is 23.7 Å². The topological polar surface area (TPSA) is 51.2 Å². The summed E-state index contributed by atoms with van der Waals surface area (Å²) >= 11 is 0. The number of anilines is 1. The van der Waals surface area contributed by atoms with Gasteiger partial charge in [-0.15, -0.1) is 0 Å². The summed E-state index contributed by atoms with van der Waals surface area (Å²) in [6, 6.07) is 7.95. The third-order valence-electron chi connectivity index (χ3n) is 5.35. The van der Waals surface area contributed by atoms with Crippen LogP contribution in [0.1, 0.15) is 29.2 Å². The molecule has 2 aliphatic heterocycles. The summed E-state index contributed by atoms with van der Waals surface area (Å²) in [5, 5.41) is 2.55. The Morgan fingerprint density at radius 1 is 1.25 bits per heavy atom. The number of rotatable bonds is 3. The summed E-state index contributed by atoms with van der Waals surface area (Å²) in [6.07, 6.45) is -5.35. The van der Waals surface area contributed by atoms with Gasteiger partial charge in [-0.1, -0.05) is 6.07 Å². The van der Waals surface area contributed by atoms with Crippen LogP contribution < -0.4 is 5.32 Å². The number of carbonyl (C=O) groups is 1. The molecule has 28 heavy (non-hydrogen) atoms. The summed E-state index contributed by atoms with van der Waals surface area (Å²) in [7, 11) is 0. The van der Waals surface area contributed by atoms with Crippen molar-refractivity contribution in [2.45, 2.75) is 43.8 Å². The Balaban J connectivity index is 1.61. The molecule has 2 aliphatic rings. The van der Waals surface area contributed by atoms with Crippen LogP contribution in [0.25, 0.3) is 0 Å². The fourth-order valence-electron chi connectivity index (χ4n) is 4.18. The molecule has 0 aliphatic carbocycles. The molecule has 2 aromatic rings. The molecule has 2 bridgehead atoms. The van der Waals surface area contributed by atoms with Crippen LogP contribution >= 0.6 is 0 Å². The average Bonchev–Trinajstić information content (AvgIpc) is 3.18. The Kier molecular flexibility index (Phi) is 4.61. The number of benzene rings is 1. The Bertz CT molecular complexity index is 902. The first-order chi connectivity index (χ1) is 13.2. The van der Waals surface area contributed by atoms with E-state index in [1.54, 1.807) is 25.3 Å². The standard InChI is InChI=1S/C20H18F4N2O2/c1-10-7-11(5-6-25-10)16-17(15-9-14(21)18(16)28-15)19(27)26-13-4-2-3-12(8-13)20(22,23)24/h2-8,14-18H,9H2,1H3,(H,26,27)/t14-,15-,16-,17+,18?/m1/s1. The maximum atomic E-state index is 14.3. The van der Waals surface area contributed by atoms with Gasteiger partial charge < -0.3 is 10.1 Å². The quantitative estimate of drug-likeness (QED) is 0.792. The van der Waals surface area contributed by atoms with Gasteiger partial charge in [-0.2, -0.15) is 13.2 Å². The lowest BCUT2D eigenvalue weighted by Gasteiger charge is -2.29. The number of halogens is 4. The zero-order valence-corrected chi connectivity index (χ0v) is 14.9. The van der Waals surface area contributed by atoms with Crippen molar-refractivity contribution < 1.29 is 27.1 Å². The molecule has 8 heteroatoms. The van der Waals surface area contributed by atoms with E-state index in [0.29, 0.717) is 0 Å². The first kappa shape index (κ1) is 18.9. The molecular weight excluding hydrogens is 376 g/mol.